The van der Waals surface area contributed by atoms with Crippen molar-refractivity contribution in [3.05, 3.63) is 0 Å². The molecular formula is C18H38ClNO. The van der Waals surface area contributed by atoms with Gasteiger partial charge in [-0.3, -0.25) is 0 Å². The third-order valence-corrected chi connectivity index (χ3v) is 4.39. The molecule has 0 saturated carbocycles. The van der Waals surface area contributed by atoms with Crippen molar-refractivity contribution in [1.82, 2.24) is 4.90 Å². The van der Waals surface area contributed by atoms with Crippen LogP contribution in [-0.2, 0) is 4.74 Å². The lowest BCUT2D eigenvalue weighted by atomic mass is 10.1. The van der Waals surface area contributed by atoms with E-state index in [1.54, 1.807) is 0 Å². The molecule has 0 spiro atoms. The second kappa shape index (κ2) is 16.6. The van der Waals surface area contributed by atoms with Gasteiger partial charge >= 0.3 is 0 Å². The molecule has 1 heterocycles. The van der Waals surface area contributed by atoms with Crippen LogP contribution >= 0.6 is 12.4 Å². The van der Waals surface area contributed by atoms with Crippen molar-refractivity contribution in [3.8, 4) is 0 Å². The molecule has 1 aliphatic rings. The molecule has 0 aromatic rings. The van der Waals surface area contributed by atoms with Crippen LogP contribution in [0.1, 0.15) is 84.0 Å². The summed E-state index contributed by atoms with van der Waals surface area (Å²) in [5, 5.41) is 0. The van der Waals surface area contributed by atoms with Crippen LogP contribution in [0.2, 0.25) is 0 Å². The van der Waals surface area contributed by atoms with Crippen LogP contribution in [0, 0.1) is 0 Å². The van der Waals surface area contributed by atoms with Gasteiger partial charge in [0.25, 0.3) is 0 Å². The molecule has 3 heteroatoms. The molecule has 2 nitrogen and oxygen atoms in total. The number of likely N-dealkylation sites (tertiary alicyclic amines) is 1. The van der Waals surface area contributed by atoms with Crippen LogP contribution in [0.4, 0.5) is 0 Å². The molecule has 128 valence electrons. The third kappa shape index (κ3) is 13.6. The van der Waals surface area contributed by atoms with E-state index in [1.165, 1.54) is 90.1 Å². The van der Waals surface area contributed by atoms with Crippen LogP contribution in [0.5, 0.6) is 0 Å². The highest BCUT2D eigenvalue weighted by molar-refractivity contribution is 5.85. The Balaban J connectivity index is 0.00000400. The maximum atomic E-state index is 5.73. The Morgan fingerprint density at radius 1 is 0.714 bits per heavy atom. The molecular weight excluding hydrogens is 282 g/mol. The van der Waals surface area contributed by atoms with Gasteiger partial charge in [0.2, 0.25) is 0 Å². The number of hydrogen-bond acceptors (Lipinski definition) is 2. The van der Waals surface area contributed by atoms with Crippen LogP contribution in [0.25, 0.3) is 0 Å². The molecule has 1 saturated heterocycles. The van der Waals surface area contributed by atoms with Gasteiger partial charge in [0.05, 0.1) is 6.61 Å². The third-order valence-electron chi connectivity index (χ3n) is 4.39. The Morgan fingerprint density at radius 2 is 1.24 bits per heavy atom. The average molecular weight is 320 g/mol. The van der Waals surface area contributed by atoms with Crippen LogP contribution in [-0.4, -0.2) is 37.7 Å². The number of nitrogens with zero attached hydrogens (tertiary/aromatic N) is 1. The summed E-state index contributed by atoms with van der Waals surface area (Å²) in [4.78, 5) is 2.53. The minimum Gasteiger partial charge on any atom is -0.380 e. The van der Waals surface area contributed by atoms with E-state index >= 15 is 0 Å². The van der Waals surface area contributed by atoms with Gasteiger partial charge in [0.15, 0.2) is 0 Å². The average Bonchev–Trinajstić information content (AvgIpc) is 2.97. The van der Waals surface area contributed by atoms with E-state index in [-0.39, 0.29) is 12.4 Å². The topological polar surface area (TPSA) is 12.5 Å². The zero-order chi connectivity index (χ0) is 14.3. The highest BCUT2D eigenvalue weighted by atomic mass is 35.5. The molecule has 1 aliphatic heterocycles. The van der Waals surface area contributed by atoms with Crippen molar-refractivity contribution in [2.75, 3.05) is 32.8 Å². The maximum Gasteiger partial charge on any atom is 0.0593 e. The summed E-state index contributed by atoms with van der Waals surface area (Å²) in [6, 6.07) is 0. The molecule has 0 amide bonds. The highest BCUT2D eigenvalue weighted by Crippen LogP contribution is 2.10. The van der Waals surface area contributed by atoms with Crippen LogP contribution < -0.4 is 0 Å². The predicted molar refractivity (Wildman–Crippen MR) is 95.6 cm³/mol. The first kappa shape index (κ1) is 21.2. The van der Waals surface area contributed by atoms with Gasteiger partial charge in [-0.25, -0.2) is 0 Å². The number of halogens is 1. The van der Waals surface area contributed by atoms with Gasteiger partial charge in [-0.1, -0.05) is 64.7 Å². The van der Waals surface area contributed by atoms with Crippen molar-refractivity contribution < 1.29 is 4.74 Å². The number of hydrogen-bond donors (Lipinski definition) is 0. The van der Waals surface area contributed by atoms with E-state index in [0.29, 0.717) is 0 Å². The van der Waals surface area contributed by atoms with Crippen LogP contribution in [0.3, 0.4) is 0 Å². The summed E-state index contributed by atoms with van der Waals surface area (Å²) in [6.07, 6.45) is 16.8. The van der Waals surface area contributed by atoms with Crippen molar-refractivity contribution in [1.29, 1.82) is 0 Å². The molecule has 0 radical (unpaired) electrons. The fourth-order valence-electron chi connectivity index (χ4n) is 2.99. The molecule has 0 bridgehead atoms. The maximum absolute atomic E-state index is 5.73. The van der Waals surface area contributed by atoms with E-state index in [2.05, 4.69) is 11.8 Å². The Hall–Kier alpha value is 0.210. The van der Waals surface area contributed by atoms with E-state index in [0.717, 1.165) is 19.8 Å². The first-order valence-corrected chi connectivity index (χ1v) is 9.23. The number of rotatable bonds is 14. The second-order valence-corrected chi connectivity index (χ2v) is 6.34. The number of ether oxygens (including phenoxy) is 1. The Bertz CT molecular complexity index is 196. The SMILES string of the molecule is CCCCCCCCCCCCOCCN1CCCC1.Cl. The monoisotopic (exact) mass is 319 g/mol. The minimum absolute atomic E-state index is 0. The summed E-state index contributed by atoms with van der Waals surface area (Å²) < 4.78 is 5.73. The minimum atomic E-state index is 0. The Morgan fingerprint density at radius 3 is 1.81 bits per heavy atom. The molecule has 0 atom stereocenters. The van der Waals surface area contributed by atoms with Gasteiger partial charge in [-0.05, 0) is 32.4 Å². The summed E-state index contributed by atoms with van der Waals surface area (Å²) in [5.74, 6) is 0. The summed E-state index contributed by atoms with van der Waals surface area (Å²) >= 11 is 0. The van der Waals surface area contributed by atoms with Gasteiger partial charge in [-0.15, -0.1) is 12.4 Å². The highest BCUT2D eigenvalue weighted by Gasteiger charge is 2.09. The lowest BCUT2D eigenvalue weighted by Crippen LogP contribution is -2.24. The van der Waals surface area contributed by atoms with E-state index in [1.807, 2.05) is 0 Å². The molecule has 0 aromatic carbocycles. The zero-order valence-corrected chi connectivity index (χ0v) is 15.1. The van der Waals surface area contributed by atoms with Crippen LogP contribution in [0.15, 0.2) is 0 Å². The first-order chi connectivity index (χ1) is 9.93. The molecule has 0 aromatic heterocycles. The molecule has 0 unspecified atom stereocenters. The summed E-state index contributed by atoms with van der Waals surface area (Å²) in [6.45, 7) is 7.94. The summed E-state index contributed by atoms with van der Waals surface area (Å²) in [5.41, 5.74) is 0. The fraction of sp³-hybridized carbons (Fsp3) is 1.00. The van der Waals surface area contributed by atoms with Gasteiger partial charge in [-0.2, -0.15) is 0 Å². The van der Waals surface area contributed by atoms with Gasteiger partial charge < -0.3 is 9.64 Å². The molecule has 21 heavy (non-hydrogen) atoms. The zero-order valence-electron chi connectivity index (χ0n) is 14.3. The van der Waals surface area contributed by atoms with Crippen molar-refractivity contribution >= 4 is 12.4 Å². The molecule has 1 fully saturated rings. The Kier molecular flexibility index (Phi) is 16.7. The second-order valence-electron chi connectivity index (χ2n) is 6.34. The van der Waals surface area contributed by atoms with Crippen molar-refractivity contribution in [3.63, 3.8) is 0 Å². The smallest absolute Gasteiger partial charge is 0.0593 e. The van der Waals surface area contributed by atoms with Crippen molar-refractivity contribution in [2.24, 2.45) is 0 Å². The largest absolute Gasteiger partial charge is 0.380 e. The predicted octanol–water partition coefficient (Wildman–Crippen LogP) is 5.44. The fourth-order valence-corrected chi connectivity index (χ4v) is 2.99. The molecule has 1 rings (SSSR count). The summed E-state index contributed by atoms with van der Waals surface area (Å²) in [7, 11) is 0. The lowest BCUT2D eigenvalue weighted by molar-refractivity contribution is 0.108. The Labute approximate surface area is 139 Å². The quantitative estimate of drug-likeness (QED) is 0.395. The van der Waals surface area contributed by atoms with Gasteiger partial charge in [0.1, 0.15) is 0 Å². The van der Waals surface area contributed by atoms with E-state index in [4.69, 9.17) is 4.74 Å². The number of unbranched alkanes of at least 4 members (excludes halogenated alkanes) is 9. The first-order valence-electron chi connectivity index (χ1n) is 9.23. The lowest BCUT2D eigenvalue weighted by Gasteiger charge is -2.14. The molecule has 0 N–H and O–H groups in total. The van der Waals surface area contributed by atoms with E-state index in [9.17, 15) is 0 Å². The van der Waals surface area contributed by atoms with Gasteiger partial charge in [0, 0.05) is 13.2 Å². The van der Waals surface area contributed by atoms with E-state index < -0.39 is 0 Å². The normalized spacial score (nSPS) is 15.3. The molecule has 0 aliphatic carbocycles. The van der Waals surface area contributed by atoms with Crippen molar-refractivity contribution in [2.45, 2.75) is 84.0 Å². The standard InChI is InChI=1S/C18H37NO.ClH/c1-2-3-4-5-6-7-8-9-10-13-17-20-18-16-19-14-11-12-15-19;/h2-18H2,1H3;1H.